The Morgan fingerprint density at radius 1 is 1.28 bits per heavy atom. The van der Waals surface area contributed by atoms with Crippen LogP contribution in [0.25, 0.3) is 0 Å². The molecule has 1 saturated heterocycles. The Kier molecular flexibility index (Phi) is 5.36. The van der Waals surface area contributed by atoms with Crippen molar-refractivity contribution in [3.63, 3.8) is 0 Å². The topological polar surface area (TPSA) is 70.0 Å². The highest BCUT2D eigenvalue weighted by molar-refractivity contribution is 5.97. The molecule has 5 nitrogen and oxygen atoms in total. The Hall–Kier alpha value is -2.37. The summed E-state index contributed by atoms with van der Waals surface area (Å²) in [6.07, 6.45) is -0.281. The van der Waals surface area contributed by atoms with Crippen molar-refractivity contribution in [2.75, 3.05) is 19.8 Å². The summed E-state index contributed by atoms with van der Waals surface area (Å²) in [5.74, 6) is -0.251. The third-order valence-corrected chi connectivity index (χ3v) is 4.55. The van der Waals surface area contributed by atoms with Crippen molar-refractivity contribution in [1.29, 1.82) is 0 Å². The minimum absolute atomic E-state index is 0.0237. The van der Waals surface area contributed by atoms with Gasteiger partial charge in [0, 0.05) is 13.0 Å². The molecule has 0 aliphatic carbocycles. The number of morpholine rings is 1. The van der Waals surface area contributed by atoms with Crippen LogP contribution in [0.3, 0.4) is 0 Å². The van der Waals surface area contributed by atoms with Crippen LogP contribution in [0.2, 0.25) is 0 Å². The monoisotopic (exact) mass is 341 g/mol. The van der Waals surface area contributed by atoms with E-state index in [-0.39, 0.29) is 17.7 Å². The Morgan fingerprint density at radius 3 is 2.80 bits per heavy atom. The number of hydrogen-bond acceptors (Lipinski definition) is 4. The predicted molar refractivity (Wildman–Crippen MR) is 94.5 cm³/mol. The number of aliphatic hydroxyl groups excluding tert-OH is 1. The molecule has 132 valence electrons. The van der Waals surface area contributed by atoms with E-state index in [4.69, 9.17) is 4.74 Å². The van der Waals surface area contributed by atoms with E-state index in [1.807, 2.05) is 37.3 Å². The van der Waals surface area contributed by atoms with Crippen molar-refractivity contribution in [2.45, 2.75) is 25.5 Å². The lowest BCUT2D eigenvalue weighted by molar-refractivity contribution is -0.0175. The summed E-state index contributed by atoms with van der Waals surface area (Å²) < 4.78 is 5.52. The zero-order chi connectivity index (χ0) is 17.8. The second kappa shape index (κ2) is 7.68. The number of aliphatic hydroxyl groups is 1. The standard InChI is InChI=1S/C20H23NO4/c1-14-7-8-18(22)17(11-14)20(24)21-9-10-25-13-16(21)12-19(23)15-5-3-2-4-6-15/h2-8,11,16,19,22-23H,9-10,12-13H2,1H3/t16-,19-/m1/s1. The van der Waals surface area contributed by atoms with Crippen LogP contribution in [0, 0.1) is 6.92 Å². The lowest BCUT2D eigenvalue weighted by atomic mass is 9.99. The van der Waals surface area contributed by atoms with E-state index in [9.17, 15) is 15.0 Å². The number of phenolic OH excluding ortho intramolecular Hbond substituents is 1. The number of phenols is 1. The Labute approximate surface area is 147 Å². The zero-order valence-corrected chi connectivity index (χ0v) is 14.3. The molecule has 25 heavy (non-hydrogen) atoms. The lowest BCUT2D eigenvalue weighted by Crippen LogP contribution is -2.49. The number of carbonyl (C=O) groups is 1. The van der Waals surface area contributed by atoms with Crippen LogP contribution in [0.4, 0.5) is 0 Å². The maximum atomic E-state index is 12.9. The number of ether oxygens (including phenoxy) is 1. The molecule has 0 radical (unpaired) electrons. The number of hydrogen-bond donors (Lipinski definition) is 2. The highest BCUT2D eigenvalue weighted by Gasteiger charge is 2.31. The van der Waals surface area contributed by atoms with Crippen molar-refractivity contribution < 1.29 is 19.7 Å². The molecule has 0 bridgehead atoms. The maximum Gasteiger partial charge on any atom is 0.258 e. The molecule has 2 atom stereocenters. The second-order valence-corrected chi connectivity index (χ2v) is 6.41. The molecule has 2 N–H and O–H groups in total. The first-order valence-corrected chi connectivity index (χ1v) is 8.47. The molecule has 1 aliphatic rings. The van der Waals surface area contributed by atoms with E-state index in [2.05, 4.69) is 0 Å². The minimum Gasteiger partial charge on any atom is -0.507 e. The third kappa shape index (κ3) is 4.00. The molecule has 3 rings (SSSR count). The first-order valence-electron chi connectivity index (χ1n) is 8.47. The SMILES string of the molecule is Cc1ccc(O)c(C(=O)N2CCOC[C@H]2C[C@@H](O)c2ccccc2)c1. The molecule has 1 amide bonds. The molecular weight excluding hydrogens is 318 g/mol. The normalized spacial score (nSPS) is 18.8. The van der Waals surface area contributed by atoms with Crippen LogP contribution < -0.4 is 0 Å². The second-order valence-electron chi connectivity index (χ2n) is 6.41. The lowest BCUT2D eigenvalue weighted by Gasteiger charge is -2.37. The molecule has 1 fully saturated rings. The van der Waals surface area contributed by atoms with Gasteiger partial charge in [-0.15, -0.1) is 0 Å². The van der Waals surface area contributed by atoms with Gasteiger partial charge in [0.25, 0.3) is 5.91 Å². The molecule has 0 aromatic heterocycles. The van der Waals surface area contributed by atoms with Crippen molar-refractivity contribution >= 4 is 5.91 Å². The van der Waals surface area contributed by atoms with Gasteiger partial charge in [-0.3, -0.25) is 4.79 Å². The number of amides is 1. The fourth-order valence-electron chi connectivity index (χ4n) is 3.16. The highest BCUT2D eigenvalue weighted by atomic mass is 16.5. The number of nitrogens with zero attached hydrogens (tertiary/aromatic N) is 1. The first kappa shape index (κ1) is 17.5. The van der Waals surface area contributed by atoms with Crippen LogP contribution in [0.15, 0.2) is 48.5 Å². The van der Waals surface area contributed by atoms with Gasteiger partial charge in [0.2, 0.25) is 0 Å². The van der Waals surface area contributed by atoms with Gasteiger partial charge in [0.15, 0.2) is 0 Å². The molecule has 1 aliphatic heterocycles. The van der Waals surface area contributed by atoms with Gasteiger partial charge in [-0.1, -0.05) is 42.0 Å². The molecule has 0 unspecified atom stereocenters. The fourth-order valence-corrected chi connectivity index (χ4v) is 3.16. The zero-order valence-electron chi connectivity index (χ0n) is 14.3. The van der Waals surface area contributed by atoms with Gasteiger partial charge in [-0.05, 0) is 24.6 Å². The van der Waals surface area contributed by atoms with Gasteiger partial charge >= 0.3 is 0 Å². The van der Waals surface area contributed by atoms with Crippen LogP contribution in [0.1, 0.15) is 34.0 Å². The number of rotatable bonds is 4. The Balaban J connectivity index is 1.78. The molecule has 0 saturated carbocycles. The van der Waals surface area contributed by atoms with E-state index in [1.54, 1.807) is 17.0 Å². The average molecular weight is 341 g/mol. The molecule has 2 aromatic carbocycles. The quantitative estimate of drug-likeness (QED) is 0.897. The van der Waals surface area contributed by atoms with E-state index in [1.165, 1.54) is 6.07 Å². The van der Waals surface area contributed by atoms with E-state index in [0.29, 0.717) is 31.7 Å². The van der Waals surface area contributed by atoms with Gasteiger partial charge in [0.05, 0.1) is 30.9 Å². The summed E-state index contributed by atoms with van der Waals surface area (Å²) in [4.78, 5) is 14.6. The Bertz CT molecular complexity index is 732. The van der Waals surface area contributed by atoms with Gasteiger partial charge in [-0.25, -0.2) is 0 Å². The number of benzene rings is 2. The maximum absolute atomic E-state index is 12.9. The summed E-state index contributed by atoms with van der Waals surface area (Å²) in [7, 11) is 0. The van der Waals surface area contributed by atoms with E-state index < -0.39 is 6.10 Å². The predicted octanol–water partition coefficient (Wildman–Crippen LogP) is 2.67. The largest absolute Gasteiger partial charge is 0.507 e. The molecule has 0 spiro atoms. The Morgan fingerprint density at radius 2 is 2.04 bits per heavy atom. The smallest absolute Gasteiger partial charge is 0.258 e. The van der Waals surface area contributed by atoms with Gasteiger partial charge < -0.3 is 19.8 Å². The summed E-state index contributed by atoms with van der Waals surface area (Å²) in [6, 6.07) is 14.1. The molecule has 1 heterocycles. The van der Waals surface area contributed by atoms with Gasteiger partial charge in [-0.2, -0.15) is 0 Å². The minimum atomic E-state index is -0.672. The summed E-state index contributed by atoms with van der Waals surface area (Å²) in [5, 5.41) is 20.6. The first-order chi connectivity index (χ1) is 12.1. The number of aryl methyl sites for hydroxylation is 1. The number of carbonyl (C=O) groups excluding carboxylic acids is 1. The van der Waals surface area contributed by atoms with E-state index in [0.717, 1.165) is 11.1 Å². The summed E-state index contributed by atoms with van der Waals surface area (Å²) >= 11 is 0. The van der Waals surface area contributed by atoms with E-state index >= 15 is 0 Å². The van der Waals surface area contributed by atoms with Gasteiger partial charge in [0.1, 0.15) is 5.75 Å². The highest BCUT2D eigenvalue weighted by Crippen LogP contribution is 2.26. The van der Waals surface area contributed by atoms with Crippen LogP contribution in [-0.4, -0.2) is 46.8 Å². The fraction of sp³-hybridized carbons (Fsp3) is 0.350. The summed E-state index contributed by atoms with van der Waals surface area (Å²) in [5.41, 5.74) is 2.02. The van der Waals surface area contributed by atoms with Crippen molar-refractivity contribution in [2.24, 2.45) is 0 Å². The van der Waals surface area contributed by atoms with Crippen LogP contribution >= 0.6 is 0 Å². The number of aromatic hydroxyl groups is 1. The third-order valence-electron chi connectivity index (χ3n) is 4.55. The average Bonchev–Trinajstić information content (AvgIpc) is 2.64. The van der Waals surface area contributed by atoms with Crippen molar-refractivity contribution in [3.8, 4) is 5.75 Å². The molecular formula is C20H23NO4. The van der Waals surface area contributed by atoms with Crippen LogP contribution in [0.5, 0.6) is 5.75 Å². The summed E-state index contributed by atoms with van der Waals surface area (Å²) in [6.45, 7) is 3.16. The molecule has 5 heteroatoms. The van der Waals surface area contributed by atoms with Crippen LogP contribution in [-0.2, 0) is 4.74 Å². The molecule has 2 aromatic rings. The van der Waals surface area contributed by atoms with Crippen molar-refractivity contribution in [3.05, 3.63) is 65.2 Å². The van der Waals surface area contributed by atoms with Crippen molar-refractivity contribution in [1.82, 2.24) is 4.90 Å².